The van der Waals surface area contributed by atoms with Crippen LogP contribution in [-0.2, 0) is 5.54 Å². The lowest BCUT2D eigenvalue weighted by molar-refractivity contribution is 0.221. The third-order valence-corrected chi connectivity index (χ3v) is 5.36. The van der Waals surface area contributed by atoms with Crippen LogP contribution in [0.25, 0.3) is 11.1 Å². The molecule has 1 heterocycles. The first kappa shape index (κ1) is 20.0. The molecule has 1 saturated heterocycles. The van der Waals surface area contributed by atoms with Crippen LogP contribution in [0.15, 0.2) is 66.7 Å². The van der Waals surface area contributed by atoms with E-state index in [4.69, 9.17) is 0 Å². The van der Waals surface area contributed by atoms with Crippen LogP contribution in [0, 0.1) is 17.5 Å². The highest BCUT2D eigenvalue weighted by molar-refractivity contribution is 5.96. The highest BCUT2D eigenvalue weighted by atomic mass is 19.1. The first-order valence-electron chi connectivity index (χ1n) is 9.44. The number of aliphatic hydroxyl groups is 1. The van der Waals surface area contributed by atoms with Gasteiger partial charge in [-0.1, -0.05) is 30.3 Å². The van der Waals surface area contributed by atoms with Crippen LogP contribution in [0.4, 0.5) is 23.7 Å². The summed E-state index contributed by atoms with van der Waals surface area (Å²) in [5, 5.41) is 12.4. The molecule has 1 fully saturated rings. The van der Waals surface area contributed by atoms with Crippen molar-refractivity contribution in [2.75, 3.05) is 18.1 Å². The molecule has 1 unspecified atom stereocenters. The number of nitrogens with one attached hydrogen (secondary N) is 1. The van der Waals surface area contributed by atoms with Crippen molar-refractivity contribution in [1.29, 1.82) is 0 Å². The van der Waals surface area contributed by atoms with E-state index in [-0.39, 0.29) is 30.7 Å². The number of aliphatic hydroxyl groups excluding tert-OH is 1. The molecule has 0 bridgehead atoms. The number of anilines is 1. The van der Waals surface area contributed by atoms with Crippen molar-refractivity contribution in [3.05, 3.63) is 89.7 Å². The van der Waals surface area contributed by atoms with Gasteiger partial charge in [0.05, 0.1) is 12.1 Å². The van der Waals surface area contributed by atoms with Crippen LogP contribution >= 0.6 is 0 Å². The van der Waals surface area contributed by atoms with Crippen molar-refractivity contribution in [3.63, 3.8) is 0 Å². The fourth-order valence-electron chi connectivity index (χ4n) is 3.86. The van der Waals surface area contributed by atoms with Gasteiger partial charge in [-0.25, -0.2) is 18.0 Å². The summed E-state index contributed by atoms with van der Waals surface area (Å²) in [5.41, 5.74) is 0.235. The fraction of sp³-hybridized carbons (Fsp3) is 0.174. The van der Waals surface area contributed by atoms with Crippen molar-refractivity contribution < 1.29 is 23.1 Å². The molecule has 154 valence electrons. The molecule has 0 saturated carbocycles. The molecule has 1 atom stereocenters. The van der Waals surface area contributed by atoms with E-state index in [0.29, 0.717) is 11.3 Å². The van der Waals surface area contributed by atoms with Crippen molar-refractivity contribution in [2.24, 2.45) is 0 Å². The molecule has 1 aliphatic rings. The molecule has 0 aliphatic carbocycles. The average Bonchev–Trinajstić information content (AvgIpc) is 3.07. The number of amides is 2. The van der Waals surface area contributed by atoms with Crippen LogP contribution in [0.3, 0.4) is 0 Å². The Bertz CT molecular complexity index is 1090. The lowest BCUT2D eigenvalue weighted by Gasteiger charge is -2.29. The zero-order chi connectivity index (χ0) is 21.3. The zero-order valence-electron chi connectivity index (χ0n) is 15.9. The van der Waals surface area contributed by atoms with E-state index < -0.39 is 29.0 Å². The van der Waals surface area contributed by atoms with Crippen molar-refractivity contribution >= 4 is 11.7 Å². The second-order valence-corrected chi connectivity index (χ2v) is 7.22. The van der Waals surface area contributed by atoms with Gasteiger partial charge in [0, 0.05) is 23.4 Å². The number of carbonyl (C=O) groups is 1. The quantitative estimate of drug-likeness (QED) is 0.645. The standard InChI is InChI=1S/C23H19F3N2O2/c24-16-7-5-15(6-8-16)18-13-17(9-10-20(18)25)28-14-23(11-12-29,27-22(28)30)19-3-1-2-4-21(19)26/h1-10,13,29H,11-12,14H2,(H,27,30). The lowest BCUT2D eigenvalue weighted by atomic mass is 9.87. The average molecular weight is 412 g/mol. The number of hydrogen-bond acceptors (Lipinski definition) is 2. The van der Waals surface area contributed by atoms with Gasteiger partial charge in [-0.2, -0.15) is 0 Å². The Labute approximate surface area is 171 Å². The first-order chi connectivity index (χ1) is 14.4. The number of benzene rings is 3. The predicted molar refractivity (Wildman–Crippen MR) is 107 cm³/mol. The van der Waals surface area contributed by atoms with Crippen LogP contribution in [0.5, 0.6) is 0 Å². The van der Waals surface area contributed by atoms with Crippen molar-refractivity contribution in [3.8, 4) is 11.1 Å². The minimum atomic E-state index is -1.12. The summed E-state index contributed by atoms with van der Waals surface area (Å²) in [6.07, 6.45) is 0.113. The van der Waals surface area contributed by atoms with Gasteiger partial charge in [0.25, 0.3) is 0 Å². The summed E-state index contributed by atoms with van der Waals surface area (Å²) in [4.78, 5) is 14.2. The molecule has 3 aromatic rings. The van der Waals surface area contributed by atoms with E-state index in [1.165, 1.54) is 53.4 Å². The van der Waals surface area contributed by atoms with E-state index in [1.807, 2.05) is 0 Å². The maximum atomic E-state index is 14.5. The SMILES string of the molecule is O=C1NC(CCO)(c2ccccc2F)CN1c1ccc(F)c(-c2ccc(F)cc2)c1. The molecule has 4 rings (SSSR count). The Balaban J connectivity index is 1.73. The van der Waals surface area contributed by atoms with Gasteiger partial charge in [-0.3, -0.25) is 4.90 Å². The van der Waals surface area contributed by atoms with Gasteiger partial charge in [-0.05, 0) is 48.4 Å². The number of rotatable bonds is 5. The minimum absolute atomic E-state index is 0.0574. The van der Waals surface area contributed by atoms with Crippen LogP contribution < -0.4 is 10.2 Å². The first-order valence-corrected chi connectivity index (χ1v) is 9.44. The van der Waals surface area contributed by atoms with E-state index >= 15 is 0 Å². The molecular formula is C23H19F3N2O2. The fourth-order valence-corrected chi connectivity index (χ4v) is 3.86. The van der Waals surface area contributed by atoms with E-state index in [2.05, 4.69) is 5.32 Å². The molecule has 2 amide bonds. The van der Waals surface area contributed by atoms with Gasteiger partial charge in [0.15, 0.2) is 0 Å². The monoisotopic (exact) mass is 412 g/mol. The molecule has 3 aromatic carbocycles. The summed E-state index contributed by atoms with van der Waals surface area (Å²) in [7, 11) is 0. The highest BCUT2D eigenvalue weighted by Crippen LogP contribution is 2.36. The molecule has 30 heavy (non-hydrogen) atoms. The third-order valence-electron chi connectivity index (χ3n) is 5.36. The largest absolute Gasteiger partial charge is 0.396 e. The molecule has 0 spiro atoms. The van der Waals surface area contributed by atoms with Gasteiger partial charge in [0.1, 0.15) is 17.5 Å². The molecule has 2 N–H and O–H groups in total. The number of halogens is 3. The van der Waals surface area contributed by atoms with Gasteiger partial charge >= 0.3 is 6.03 Å². The molecular weight excluding hydrogens is 393 g/mol. The molecule has 0 radical (unpaired) electrons. The minimum Gasteiger partial charge on any atom is -0.396 e. The summed E-state index contributed by atoms with van der Waals surface area (Å²) < 4.78 is 42.2. The Kier molecular flexibility index (Phi) is 5.22. The van der Waals surface area contributed by atoms with Crippen LogP contribution in [0.2, 0.25) is 0 Å². The smallest absolute Gasteiger partial charge is 0.322 e. The van der Waals surface area contributed by atoms with Crippen LogP contribution in [-0.4, -0.2) is 24.3 Å². The van der Waals surface area contributed by atoms with E-state index in [9.17, 15) is 23.1 Å². The Morgan fingerprint density at radius 3 is 2.40 bits per heavy atom. The maximum absolute atomic E-state index is 14.5. The second-order valence-electron chi connectivity index (χ2n) is 7.22. The molecule has 1 aliphatic heterocycles. The summed E-state index contributed by atoms with van der Waals surface area (Å²) in [6.45, 7) is -0.200. The lowest BCUT2D eigenvalue weighted by Crippen LogP contribution is -2.42. The van der Waals surface area contributed by atoms with Gasteiger partial charge in [-0.15, -0.1) is 0 Å². The third kappa shape index (κ3) is 3.52. The molecule has 4 nitrogen and oxygen atoms in total. The second kappa shape index (κ2) is 7.84. The molecule has 7 heteroatoms. The van der Waals surface area contributed by atoms with Crippen molar-refractivity contribution in [2.45, 2.75) is 12.0 Å². The predicted octanol–water partition coefficient (Wildman–Crippen LogP) is 4.58. The highest BCUT2D eigenvalue weighted by Gasteiger charge is 2.45. The Hall–Kier alpha value is -3.32. The van der Waals surface area contributed by atoms with Crippen LogP contribution in [0.1, 0.15) is 12.0 Å². The van der Waals surface area contributed by atoms with Crippen molar-refractivity contribution in [1.82, 2.24) is 5.32 Å². The number of nitrogens with zero attached hydrogens (tertiary/aromatic N) is 1. The number of hydrogen-bond donors (Lipinski definition) is 2. The van der Waals surface area contributed by atoms with Gasteiger partial charge in [0.2, 0.25) is 0 Å². The Morgan fingerprint density at radius 1 is 0.967 bits per heavy atom. The number of urea groups is 1. The number of carbonyl (C=O) groups excluding carboxylic acids is 1. The Morgan fingerprint density at radius 2 is 1.70 bits per heavy atom. The zero-order valence-corrected chi connectivity index (χ0v) is 15.9. The summed E-state index contributed by atoms with van der Waals surface area (Å²) in [6, 6.07) is 15.2. The summed E-state index contributed by atoms with van der Waals surface area (Å²) >= 11 is 0. The topological polar surface area (TPSA) is 52.6 Å². The summed E-state index contributed by atoms with van der Waals surface area (Å²) in [5.74, 6) is -1.44. The normalized spacial score (nSPS) is 18.5. The van der Waals surface area contributed by atoms with E-state index in [0.717, 1.165) is 0 Å². The molecule has 0 aromatic heterocycles. The maximum Gasteiger partial charge on any atom is 0.322 e. The van der Waals surface area contributed by atoms with E-state index in [1.54, 1.807) is 18.2 Å². The van der Waals surface area contributed by atoms with Gasteiger partial charge < -0.3 is 10.4 Å².